The molecule has 3 rings (SSSR count). The Bertz CT molecular complexity index is 975. The second kappa shape index (κ2) is 6.56. The third-order valence-electron chi connectivity index (χ3n) is 3.64. The van der Waals surface area contributed by atoms with Crippen molar-refractivity contribution >= 4 is 27.2 Å². The van der Waals surface area contributed by atoms with Crippen LogP contribution in [0.1, 0.15) is 17.0 Å². The minimum absolute atomic E-state index is 0.162. The van der Waals surface area contributed by atoms with Crippen molar-refractivity contribution in [1.29, 1.82) is 0 Å². The minimum atomic E-state index is -3.71. The molecule has 0 unspecified atom stereocenters. The first-order chi connectivity index (χ1) is 11.8. The van der Waals surface area contributed by atoms with Crippen molar-refractivity contribution in [3.8, 4) is 0 Å². The molecule has 1 aromatic carbocycles. The summed E-state index contributed by atoms with van der Waals surface area (Å²) in [5.74, 6) is 0.629. The van der Waals surface area contributed by atoms with Crippen LogP contribution in [0.3, 0.4) is 0 Å². The highest BCUT2D eigenvalue weighted by Gasteiger charge is 2.22. The van der Waals surface area contributed by atoms with Crippen molar-refractivity contribution in [2.75, 3.05) is 10.0 Å². The lowest BCUT2D eigenvalue weighted by Gasteiger charge is -2.10. The van der Waals surface area contributed by atoms with Crippen LogP contribution in [0.15, 0.2) is 47.5 Å². The van der Waals surface area contributed by atoms with Crippen LogP contribution in [-0.4, -0.2) is 23.6 Å². The third-order valence-corrected chi connectivity index (χ3v) is 5.28. The molecule has 0 bridgehead atoms. The average Bonchev–Trinajstić information content (AvgIpc) is 2.89. The Hall–Kier alpha value is -2.87. The summed E-state index contributed by atoms with van der Waals surface area (Å²) in [5.41, 5.74) is 3.37. The topological polar surface area (TPSA) is 99.8 Å². The van der Waals surface area contributed by atoms with Gasteiger partial charge in [-0.3, -0.25) is 9.82 Å². The highest BCUT2D eigenvalue weighted by atomic mass is 32.2. The highest BCUT2D eigenvalue weighted by molar-refractivity contribution is 7.92. The van der Waals surface area contributed by atoms with E-state index >= 15 is 0 Å². The summed E-state index contributed by atoms with van der Waals surface area (Å²) in [6, 6.07) is 11.3. The van der Waals surface area contributed by atoms with E-state index in [9.17, 15) is 8.42 Å². The largest absolute Gasteiger partial charge is 0.340 e. The van der Waals surface area contributed by atoms with E-state index in [1.807, 2.05) is 31.2 Å². The molecule has 0 aliphatic heterocycles. The molecule has 0 atom stereocenters. The summed E-state index contributed by atoms with van der Waals surface area (Å²) in [7, 11) is -3.71. The first-order valence-corrected chi connectivity index (χ1v) is 9.17. The van der Waals surface area contributed by atoms with Crippen LogP contribution in [0.4, 0.5) is 17.2 Å². The summed E-state index contributed by atoms with van der Waals surface area (Å²) < 4.78 is 27.5. The van der Waals surface area contributed by atoms with E-state index in [2.05, 4.69) is 25.2 Å². The zero-order valence-corrected chi connectivity index (χ0v) is 15.0. The van der Waals surface area contributed by atoms with Gasteiger partial charge in [0.25, 0.3) is 10.0 Å². The molecule has 0 radical (unpaired) electrons. The molecule has 3 aromatic rings. The van der Waals surface area contributed by atoms with E-state index in [0.29, 0.717) is 22.9 Å². The van der Waals surface area contributed by atoms with Crippen LogP contribution in [0, 0.1) is 20.8 Å². The molecule has 2 aromatic heterocycles. The second-order valence-electron chi connectivity index (χ2n) is 5.80. The molecule has 0 saturated heterocycles. The second-order valence-corrected chi connectivity index (χ2v) is 7.41. The number of aromatic amines is 1. The number of sulfonamides is 1. The summed E-state index contributed by atoms with van der Waals surface area (Å²) in [6.07, 6.45) is 1.47. The van der Waals surface area contributed by atoms with Crippen LogP contribution in [-0.2, 0) is 10.0 Å². The van der Waals surface area contributed by atoms with Gasteiger partial charge in [-0.15, -0.1) is 0 Å². The molecule has 3 N–H and O–H groups in total. The summed E-state index contributed by atoms with van der Waals surface area (Å²) in [6.45, 7) is 5.32. The lowest BCUT2D eigenvalue weighted by Crippen LogP contribution is -2.14. The van der Waals surface area contributed by atoms with Crippen LogP contribution >= 0.6 is 0 Å². The number of rotatable bonds is 5. The van der Waals surface area contributed by atoms with Gasteiger partial charge in [0.15, 0.2) is 0 Å². The third kappa shape index (κ3) is 3.80. The fourth-order valence-electron chi connectivity index (χ4n) is 2.54. The average molecular weight is 357 g/mol. The number of nitrogens with one attached hydrogen (secondary N) is 3. The maximum Gasteiger partial charge on any atom is 0.265 e. The monoisotopic (exact) mass is 357 g/mol. The zero-order chi connectivity index (χ0) is 18.0. The maximum atomic E-state index is 12.5. The van der Waals surface area contributed by atoms with E-state index in [1.165, 1.54) is 6.20 Å². The molecule has 0 aliphatic rings. The van der Waals surface area contributed by atoms with Gasteiger partial charge in [-0.25, -0.2) is 13.4 Å². The van der Waals surface area contributed by atoms with Gasteiger partial charge < -0.3 is 5.32 Å². The number of benzene rings is 1. The first kappa shape index (κ1) is 17.0. The van der Waals surface area contributed by atoms with Crippen molar-refractivity contribution in [2.24, 2.45) is 0 Å². The highest BCUT2D eigenvalue weighted by Crippen LogP contribution is 2.22. The van der Waals surface area contributed by atoms with Crippen LogP contribution < -0.4 is 10.0 Å². The summed E-state index contributed by atoms with van der Waals surface area (Å²) >= 11 is 0. The van der Waals surface area contributed by atoms with Gasteiger partial charge in [-0.2, -0.15) is 5.10 Å². The van der Waals surface area contributed by atoms with Gasteiger partial charge in [0.1, 0.15) is 10.7 Å². The lowest BCUT2D eigenvalue weighted by atomic mass is 10.2. The molecule has 8 heteroatoms. The van der Waals surface area contributed by atoms with Crippen molar-refractivity contribution in [1.82, 2.24) is 15.2 Å². The smallest absolute Gasteiger partial charge is 0.265 e. The molecule has 0 saturated carbocycles. The SMILES string of the molecule is Cc1cccc(Nc2ccc(NS(=O)(=O)c3c(C)n[nH]c3C)cn2)c1. The summed E-state index contributed by atoms with van der Waals surface area (Å²) in [4.78, 5) is 4.41. The zero-order valence-electron chi connectivity index (χ0n) is 14.2. The van der Waals surface area contributed by atoms with Gasteiger partial charge in [0, 0.05) is 5.69 Å². The summed E-state index contributed by atoms with van der Waals surface area (Å²) in [5, 5.41) is 9.77. The number of hydrogen-bond acceptors (Lipinski definition) is 5. The van der Waals surface area contributed by atoms with Gasteiger partial charge in [0.2, 0.25) is 0 Å². The molecule has 0 aliphatic carbocycles. The van der Waals surface area contributed by atoms with E-state index in [1.54, 1.807) is 26.0 Å². The Morgan fingerprint density at radius 3 is 2.44 bits per heavy atom. The number of pyridine rings is 1. The van der Waals surface area contributed by atoms with Gasteiger partial charge in [-0.1, -0.05) is 12.1 Å². The van der Waals surface area contributed by atoms with E-state index in [4.69, 9.17) is 0 Å². The Morgan fingerprint density at radius 2 is 1.84 bits per heavy atom. The predicted molar refractivity (Wildman–Crippen MR) is 97.6 cm³/mol. The molecule has 0 spiro atoms. The van der Waals surface area contributed by atoms with E-state index in [-0.39, 0.29) is 4.90 Å². The predicted octanol–water partition coefficient (Wildman–Crippen LogP) is 3.27. The number of aromatic nitrogens is 3. The first-order valence-electron chi connectivity index (χ1n) is 7.69. The Labute approximate surface area is 146 Å². The quantitative estimate of drug-likeness (QED) is 0.651. The molecular formula is C17H19N5O2S. The fraction of sp³-hybridized carbons (Fsp3) is 0.176. The van der Waals surface area contributed by atoms with Crippen molar-refractivity contribution in [3.05, 3.63) is 59.5 Å². The number of H-pyrrole nitrogens is 1. The van der Waals surface area contributed by atoms with E-state index in [0.717, 1.165) is 11.3 Å². The van der Waals surface area contributed by atoms with Gasteiger partial charge in [0.05, 0.1) is 23.3 Å². The standard InChI is InChI=1S/C17H19N5O2S/c1-11-5-4-6-14(9-11)19-16-8-7-15(10-18-16)22-25(23,24)17-12(2)20-21-13(17)3/h4-10,22H,1-3H3,(H,18,19)(H,20,21). The normalized spacial score (nSPS) is 11.3. The number of aryl methyl sites for hydroxylation is 3. The maximum absolute atomic E-state index is 12.5. The minimum Gasteiger partial charge on any atom is -0.340 e. The molecule has 0 fully saturated rings. The fourth-order valence-corrected chi connectivity index (χ4v) is 3.96. The number of nitrogens with zero attached hydrogens (tertiary/aromatic N) is 2. The van der Waals surface area contributed by atoms with Gasteiger partial charge in [-0.05, 0) is 50.6 Å². The number of anilines is 3. The number of hydrogen-bond donors (Lipinski definition) is 3. The Balaban J connectivity index is 1.77. The van der Waals surface area contributed by atoms with Gasteiger partial charge >= 0.3 is 0 Å². The van der Waals surface area contributed by atoms with Crippen LogP contribution in [0.2, 0.25) is 0 Å². The van der Waals surface area contributed by atoms with Crippen LogP contribution in [0.25, 0.3) is 0 Å². The van der Waals surface area contributed by atoms with Crippen molar-refractivity contribution < 1.29 is 8.42 Å². The van der Waals surface area contributed by atoms with Crippen molar-refractivity contribution in [3.63, 3.8) is 0 Å². The van der Waals surface area contributed by atoms with Crippen molar-refractivity contribution in [2.45, 2.75) is 25.7 Å². The Morgan fingerprint density at radius 1 is 1.04 bits per heavy atom. The lowest BCUT2D eigenvalue weighted by molar-refractivity contribution is 0.600. The molecular weight excluding hydrogens is 338 g/mol. The Kier molecular flexibility index (Phi) is 4.45. The molecule has 130 valence electrons. The molecule has 2 heterocycles. The van der Waals surface area contributed by atoms with E-state index < -0.39 is 10.0 Å². The van der Waals surface area contributed by atoms with Crippen LogP contribution in [0.5, 0.6) is 0 Å². The molecule has 0 amide bonds. The molecule has 25 heavy (non-hydrogen) atoms. The molecule has 7 nitrogen and oxygen atoms in total.